The van der Waals surface area contributed by atoms with Crippen LogP contribution in [0.15, 0.2) is 0 Å². The zero-order chi connectivity index (χ0) is 15.8. The summed E-state index contributed by atoms with van der Waals surface area (Å²) in [5, 5.41) is 0. The number of hydrogen-bond acceptors (Lipinski definition) is 1. The van der Waals surface area contributed by atoms with Crippen LogP contribution in [0.1, 0.15) is 98.3 Å². The van der Waals surface area contributed by atoms with Gasteiger partial charge in [-0.15, -0.1) is 0 Å². The van der Waals surface area contributed by atoms with Crippen molar-refractivity contribution in [3.05, 3.63) is 0 Å². The van der Waals surface area contributed by atoms with Gasteiger partial charge in [-0.2, -0.15) is 0 Å². The van der Waals surface area contributed by atoms with Crippen LogP contribution in [-0.2, 0) is 3.07 Å². The molecule has 0 aliphatic heterocycles. The summed E-state index contributed by atoms with van der Waals surface area (Å²) in [5.41, 5.74) is 0. The minimum absolute atomic E-state index is 1.08. The summed E-state index contributed by atoms with van der Waals surface area (Å²) in [4.78, 5) is 0. The third-order valence-corrected chi connectivity index (χ3v) is 18.2. The Morgan fingerprint density at radius 3 is 1.57 bits per heavy atom. The van der Waals surface area contributed by atoms with Gasteiger partial charge < -0.3 is 0 Å². The van der Waals surface area contributed by atoms with Crippen molar-refractivity contribution in [3.8, 4) is 0 Å². The van der Waals surface area contributed by atoms with Crippen LogP contribution in [0.25, 0.3) is 0 Å². The molecule has 0 aliphatic carbocycles. The molecule has 0 aliphatic rings. The fraction of sp³-hybridized carbons (Fsp3) is 1.00. The maximum atomic E-state index is 6.69. The molecule has 0 N–H and O–H groups in total. The quantitative estimate of drug-likeness (QED) is 0.193. The molecular formula is C19H42OSn. The first-order valence-corrected chi connectivity index (χ1v) is 17.1. The van der Waals surface area contributed by atoms with Crippen LogP contribution >= 0.6 is 0 Å². The SMILES string of the molecule is CCCCCCCC[O][Sn]([CH2]CC)([CH2]CCC)[CH2]CCC. The third kappa shape index (κ3) is 11.9. The third-order valence-electron chi connectivity index (χ3n) is 4.58. The van der Waals surface area contributed by atoms with Gasteiger partial charge in [0, 0.05) is 0 Å². The average molecular weight is 405 g/mol. The van der Waals surface area contributed by atoms with Crippen LogP contribution < -0.4 is 0 Å². The topological polar surface area (TPSA) is 9.23 Å². The fourth-order valence-electron chi connectivity index (χ4n) is 3.22. The van der Waals surface area contributed by atoms with Gasteiger partial charge in [0.2, 0.25) is 0 Å². The van der Waals surface area contributed by atoms with Crippen LogP contribution in [0.5, 0.6) is 0 Å². The molecule has 0 amide bonds. The van der Waals surface area contributed by atoms with E-state index >= 15 is 0 Å². The summed E-state index contributed by atoms with van der Waals surface area (Å²) in [7, 11) is 0. The van der Waals surface area contributed by atoms with Gasteiger partial charge in [0.1, 0.15) is 0 Å². The Balaban J connectivity index is 4.10. The Bertz CT molecular complexity index is 198. The Hall–Kier alpha value is 0.759. The summed E-state index contributed by atoms with van der Waals surface area (Å²) in [6.45, 7) is 10.4. The molecule has 0 unspecified atom stereocenters. The Labute approximate surface area is 140 Å². The first kappa shape index (κ1) is 21.8. The Kier molecular flexibility index (Phi) is 16.2. The minimum atomic E-state index is -2.24. The van der Waals surface area contributed by atoms with Crippen LogP contribution in [0.4, 0.5) is 0 Å². The monoisotopic (exact) mass is 406 g/mol. The van der Waals surface area contributed by atoms with Crippen molar-refractivity contribution in [3.63, 3.8) is 0 Å². The molecule has 0 heterocycles. The molecule has 1 nitrogen and oxygen atoms in total. The van der Waals surface area contributed by atoms with Crippen LogP contribution in [0.3, 0.4) is 0 Å². The normalized spacial score (nSPS) is 12.0. The van der Waals surface area contributed by atoms with E-state index in [0.29, 0.717) is 0 Å². The second-order valence-corrected chi connectivity index (χ2v) is 18.6. The van der Waals surface area contributed by atoms with Crippen LogP contribution in [-0.4, -0.2) is 25.4 Å². The summed E-state index contributed by atoms with van der Waals surface area (Å²) >= 11 is -2.24. The van der Waals surface area contributed by atoms with E-state index in [0.717, 1.165) is 6.61 Å². The summed E-state index contributed by atoms with van der Waals surface area (Å²) in [6.07, 6.45) is 15.1. The van der Waals surface area contributed by atoms with Crippen molar-refractivity contribution < 1.29 is 3.07 Å². The number of unbranched alkanes of at least 4 members (excludes halogenated alkanes) is 7. The molecule has 21 heavy (non-hydrogen) atoms. The molecule has 0 radical (unpaired) electrons. The number of hydrogen-bond donors (Lipinski definition) is 0. The van der Waals surface area contributed by atoms with E-state index < -0.39 is 18.8 Å². The van der Waals surface area contributed by atoms with Crippen molar-refractivity contribution in [1.29, 1.82) is 0 Å². The van der Waals surface area contributed by atoms with Crippen LogP contribution in [0, 0.1) is 0 Å². The molecule has 0 aromatic carbocycles. The van der Waals surface area contributed by atoms with E-state index in [4.69, 9.17) is 3.07 Å². The van der Waals surface area contributed by atoms with Crippen molar-refractivity contribution in [2.75, 3.05) is 6.61 Å². The number of rotatable bonds is 16. The molecule has 0 saturated carbocycles. The van der Waals surface area contributed by atoms with Crippen molar-refractivity contribution >= 4 is 18.8 Å². The second kappa shape index (κ2) is 15.6. The van der Waals surface area contributed by atoms with Gasteiger partial charge in [0.15, 0.2) is 0 Å². The van der Waals surface area contributed by atoms with Gasteiger partial charge in [-0.05, 0) is 0 Å². The summed E-state index contributed by atoms with van der Waals surface area (Å²) in [6, 6.07) is 0. The fourth-order valence-corrected chi connectivity index (χ4v) is 16.5. The van der Waals surface area contributed by atoms with Gasteiger partial charge in [0.25, 0.3) is 0 Å². The van der Waals surface area contributed by atoms with E-state index in [1.54, 1.807) is 0 Å². The van der Waals surface area contributed by atoms with Gasteiger partial charge in [-0.1, -0.05) is 0 Å². The van der Waals surface area contributed by atoms with E-state index in [-0.39, 0.29) is 0 Å². The standard InChI is InChI=1S/C8H17O.2C4H9.C3H7.Sn/c1-2-3-4-5-6-7-8-9;2*1-3-4-2;1-3-2;/h2-8H2,1H3;2*1,3-4H2,2H3;1,3H2,2H3;/q-1;;;;+1. The zero-order valence-corrected chi connectivity index (χ0v) is 18.4. The second-order valence-electron chi connectivity index (χ2n) is 6.76. The molecule has 0 rings (SSSR count). The predicted molar refractivity (Wildman–Crippen MR) is 99.6 cm³/mol. The first-order chi connectivity index (χ1) is 10.2. The summed E-state index contributed by atoms with van der Waals surface area (Å²) in [5.74, 6) is 0. The Morgan fingerprint density at radius 2 is 1.05 bits per heavy atom. The molecule has 0 spiro atoms. The van der Waals surface area contributed by atoms with Gasteiger partial charge >= 0.3 is 140 Å². The molecule has 0 atom stereocenters. The van der Waals surface area contributed by atoms with E-state index in [9.17, 15) is 0 Å². The molecule has 128 valence electrons. The molecule has 0 fully saturated rings. The predicted octanol–water partition coefficient (Wildman–Crippen LogP) is 7.32. The van der Waals surface area contributed by atoms with E-state index in [1.807, 2.05) is 0 Å². The van der Waals surface area contributed by atoms with Crippen molar-refractivity contribution in [2.24, 2.45) is 0 Å². The van der Waals surface area contributed by atoms with E-state index in [2.05, 4.69) is 27.7 Å². The zero-order valence-electron chi connectivity index (χ0n) is 15.5. The van der Waals surface area contributed by atoms with Gasteiger partial charge in [0.05, 0.1) is 0 Å². The van der Waals surface area contributed by atoms with Gasteiger partial charge in [-0.25, -0.2) is 0 Å². The van der Waals surface area contributed by atoms with Crippen molar-refractivity contribution in [1.82, 2.24) is 0 Å². The molecule has 0 aromatic rings. The van der Waals surface area contributed by atoms with E-state index in [1.165, 1.54) is 83.9 Å². The van der Waals surface area contributed by atoms with Crippen LogP contribution in [0.2, 0.25) is 13.3 Å². The molecule has 0 aromatic heterocycles. The molecule has 0 saturated heterocycles. The molecular weight excluding hydrogens is 363 g/mol. The molecule has 0 bridgehead atoms. The van der Waals surface area contributed by atoms with Crippen molar-refractivity contribution in [2.45, 2.75) is 112 Å². The maximum absolute atomic E-state index is 6.69. The van der Waals surface area contributed by atoms with Gasteiger partial charge in [-0.3, -0.25) is 0 Å². The Morgan fingerprint density at radius 1 is 0.524 bits per heavy atom. The summed E-state index contributed by atoms with van der Waals surface area (Å²) < 4.78 is 11.1. The molecule has 2 heteroatoms. The average Bonchev–Trinajstić information content (AvgIpc) is 2.50. The first-order valence-electron chi connectivity index (χ1n) is 9.88.